The van der Waals surface area contributed by atoms with Gasteiger partial charge in [-0.25, -0.2) is 22.6 Å². The van der Waals surface area contributed by atoms with Crippen LogP contribution in [0.3, 0.4) is 0 Å². The Balaban J connectivity index is 1.63. The lowest BCUT2D eigenvalue weighted by Crippen LogP contribution is -2.29. The van der Waals surface area contributed by atoms with Crippen LogP contribution in [0.15, 0.2) is 52.1 Å². The van der Waals surface area contributed by atoms with Gasteiger partial charge in [0.05, 0.1) is 15.6 Å². The minimum atomic E-state index is -4.00. The summed E-state index contributed by atoms with van der Waals surface area (Å²) in [6.45, 7) is 0.274. The average Bonchev–Trinajstić information content (AvgIpc) is 2.99. The van der Waals surface area contributed by atoms with Gasteiger partial charge < -0.3 is 5.32 Å². The zero-order valence-corrected chi connectivity index (χ0v) is 15.6. The van der Waals surface area contributed by atoms with E-state index in [2.05, 4.69) is 36.1 Å². The number of fused-ring (bicyclic) bond motifs is 1. The summed E-state index contributed by atoms with van der Waals surface area (Å²) in [4.78, 5) is 14.2. The molecule has 0 spiro atoms. The number of anilines is 1. The number of nitro benzene ring substituents is 1. The summed E-state index contributed by atoms with van der Waals surface area (Å²) in [6.07, 6.45) is 3.33. The van der Waals surface area contributed by atoms with Crippen molar-refractivity contribution in [2.75, 3.05) is 18.4 Å². The second-order valence-corrected chi connectivity index (χ2v) is 7.71. The van der Waals surface area contributed by atoms with Gasteiger partial charge >= 0.3 is 0 Å². The van der Waals surface area contributed by atoms with Crippen molar-refractivity contribution in [3.8, 4) is 0 Å². The summed E-state index contributed by atoms with van der Waals surface area (Å²) in [6, 6.07) is 6.89. The van der Waals surface area contributed by atoms with Gasteiger partial charge in [-0.15, -0.1) is 0 Å². The third-order valence-electron chi connectivity index (χ3n) is 3.40. The van der Waals surface area contributed by atoms with Gasteiger partial charge in [-0.3, -0.25) is 10.1 Å². The lowest BCUT2D eigenvalue weighted by molar-refractivity contribution is -0.387. The van der Waals surface area contributed by atoms with E-state index >= 15 is 0 Å². The fraction of sp³-hybridized carbons (Fsp3) is 0.143. The zero-order valence-electron chi connectivity index (χ0n) is 13.2. The molecule has 12 heteroatoms. The molecular formula is C14H13BrN6O4S. The van der Waals surface area contributed by atoms with Crippen molar-refractivity contribution in [1.29, 1.82) is 0 Å². The largest absolute Gasteiger partial charge is 0.369 e. The lowest BCUT2D eigenvalue weighted by atomic mass is 10.3. The van der Waals surface area contributed by atoms with Crippen LogP contribution in [0.2, 0.25) is 0 Å². The summed E-state index contributed by atoms with van der Waals surface area (Å²) >= 11 is 3.33. The van der Waals surface area contributed by atoms with Crippen molar-refractivity contribution >= 4 is 43.1 Å². The minimum absolute atomic E-state index is 0.0294. The maximum absolute atomic E-state index is 12.3. The predicted molar refractivity (Wildman–Crippen MR) is 97.5 cm³/mol. The molecule has 0 aliphatic heterocycles. The van der Waals surface area contributed by atoms with Crippen LogP contribution >= 0.6 is 15.9 Å². The van der Waals surface area contributed by atoms with E-state index in [9.17, 15) is 18.5 Å². The average molecular weight is 441 g/mol. The molecule has 10 nitrogen and oxygen atoms in total. The van der Waals surface area contributed by atoms with Crippen LogP contribution in [-0.4, -0.2) is 41.0 Å². The topological polar surface area (TPSA) is 132 Å². The van der Waals surface area contributed by atoms with E-state index in [0.717, 1.165) is 10.5 Å². The fourth-order valence-corrected chi connectivity index (χ4v) is 3.79. The molecule has 0 saturated heterocycles. The van der Waals surface area contributed by atoms with Gasteiger partial charge in [0.1, 0.15) is 5.82 Å². The summed E-state index contributed by atoms with van der Waals surface area (Å²) in [5, 5.41) is 18.0. The molecule has 0 radical (unpaired) electrons. The number of benzene rings is 1. The molecule has 136 valence electrons. The number of nitro groups is 1. The predicted octanol–water partition coefficient (Wildman–Crippen LogP) is 1.79. The van der Waals surface area contributed by atoms with E-state index < -0.39 is 20.6 Å². The molecule has 2 aromatic heterocycles. The normalized spacial score (nSPS) is 11.6. The molecule has 0 amide bonds. The van der Waals surface area contributed by atoms with Crippen LogP contribution in [0.25, 0.3) is 5.65 Å². The Kier molecular flexibility index (Phi) is 5.15. The minimum Gasteiger partial charge on any atom is -0.369 e. The quantitative estimate of drug-likeness (QED) is 0.325. The molecule has 0 atom stereocenters. The molecule has 0 saturated carbocycles. The highest BCUT2D eigenvalue weighted by atomic mass is 79.9. The van der Waals surface area contributed by atoms with E-state index in [-0.39, 0.29) is 18.0 Å². The first-order valence-electron chi connectivity index (χ1n) is 7.35. The summed E-state index contributed by atoms with van der Waals surface area (Å²) < 4.78 is 29.2. The number of halogens is 1. The zero-order chi connectivity index (χ0) is 18.7. The van der Waals surface area contributed by atoms with E-state index in [1.807, 2.05) is 0 Å². The van der Waals surface area contributed by atoms with Crippen LogP contribution in [-0.2, 0) is 10.0 Å². The highest BCUT2D eigenvalue weighted by molar-refractivity contribution is 9.10. The van der Waals surface area contributed by atoms with Crippen LogP contribution in [0.4, 0.5) is 11.5 Å². The number of hydrogen-bond acceptors (Lipinski definition) is 7. The first kappa shape index (κ1) is 18.2. The first-order chi connectivity index (χ1) is 12.4. The highest BCUT2D eigenvalue weighted by Gasteiger charge is 2.24. The molecule has 0 bridgehead atoms. The van der Waals surface area contributed by atoms with Gasteiger partial charge in [-0.1, -0.05) is 12.1 Å². The van der Waals surface area contributed by atoms with Gasteiger partial charge in [0.2, 0.25) is 10.0 Å². The number of aromatic nitrogens is 3. The summed E-state index contributed by atoms with van der Waals surface area (Å²) in [5.74, 6) is 0.545. The van der Waals surface area contributed by atoms with Crippen LogP contribution in [0.1, 0.15) is 0 Å². The third kappa shape index (κ3) is 3.81. The molecule has 0 aliphatic carbocycles. The number of nitrogens with one attached hydrogen (secondary N) is 2. The molecular weight excluding hydrogens is 428 g/mol. The number of hydrogen-bond donors (Lipinski definition) is 2. The smallest absolute Gasteiger partial charge is 0.289 e. The fourth-order valence-electron chi connectivity index (χ4n) is 2.23. The molecule has 0 aliphatic rings. The monoisotopic (exact) mass is 440 g/mol. The Bertz CT molecular complexity index is 1070. The van der Waals surface area contributed by atoms with Crippen molar-refractivity contribution in [2.45, 2.75) is 4.90 Å². The van der Waals surface area contributed by atoms with E-state index in [0.29, 0.717) is 11.5 Å². The molecule has 2 N–H and O–H groups in total. The van der Waals surface area contributed by atoms with Crippen molar-refractivity contribution in [3.63, 3.8) is 0 Å². The maximum Gasteiger partial charge on any atom is 0.289 e. The van der Waals surface area contributed by atoms with Crippen molar-refractivity contribution < 1.29 is 13.3 Å². The highest BCUT2D eigenvalue weighted by Crippen LogP contribution is 2.22. The number of nitrogens with zero attached hydrogens (tertiary/aromatic N) is 4. The molecule has 3 rings (SSSR count). The van der Waals surface area contributed by atoms with Gasteiger partial charge in [0.25, 0.3) is 5.69 Å². The lowest BCUT2D eigenvalue weighted by Gasteiger charge is -2.09. The van der Waals surface area contributed by atoms with Crippen LogP contribution in [0, 0.1) is 10.1 Å². The molecule has 1 aromatic carbocycles. The van der Waals surface area contributed by atoms with E-state index in [1.165, 1.54) is 18.2 Å². The Labute approximate surface area is 156 Å². The van der Waals surface area contributed by atoms with E-state index in [1.54, 1.807) is 23.0 Å². The molecule has 3 aromatic rings. The van der Waals surface area contributed by atoms with Crippen molar-refractivity contribution in [3.05, 3.63) is 57.3 Å². The molecule has 26 heavy (non-hydrogen) atoms. The SMILES string of the molecule is O=[N+]([O-])c1ccccc1S(=O)(=O)NCCNc1ccn2ncc(Br)c2n1. The Hall–Kier alpha value is -2.57. The Morgan fingerprint density at radius 3 is 2.77 bits per heavy atom. The van der Waals surface area contributed by atoms with Gasteiger partial charge in [0.15, 0.2) is 10.5 Å². The standard InChI is InChI=1S/C14H13BrN6O4S/c15-10-9-17-20-8-5-13(19-14(10)20)16-6-7-18-26(24,25)12-4-2-1-3-11(12)21(22)23/h1-5,8-9,18H,6-7H2,(H,16,19). The summed E-state index contributed by atoms with van der Waals surface area (Å²) in [5.41, 5.74) is 0.154. The number of rotatable bonds is 7. The van der Waals surface area contributed by atoms with Gasteiger partial charge in [-0.05, 0) is 28.1 Å². The van der Waals surface area contributed by atoms with Gasteiger partial charge in [-0.2, -0.15) is 5.10 Å². The Morgan fingerprint density at radius 2 is 2.00 bits per heavy atom. The molecule has 0 unspecified atom stereocenters. The molecule has 0 fully saturated rings. The second kappa shape index (κ2) is 7.35. The first-order valence-corrected chi connectivity index (χ1v) is 9.63. The number of para-hydroxylation sites is 1. The van der Waals surface area contributed by atoms with Gasteiger partial charge in [0, 0.05) is 25.4 Å². The van der Waals surface area contributed by atoms with Crippen molar-refractivity contribution in [2.24, 2.45) is 0 Å². The van der Waals surface area contributed by atoms with Crippen LogP contribution in [0.5, 0.6) is 0 Å². The maximum atomic E-state index is 12.3. The third-order valence-corrected chi connectivity index (χ3v) is 5.47. The van der Waals surface area contributed by atoms with Crippen molar-refractivity contribution in [1.82, 2.24) is 19.3 Å². The Morgan fingerprint density at radius 1 is 1.23 bits per heavy atom. The molecule has 2 heterocycles. The van der Waals surface area contributed by atoms with Crippen LogP contribution < -0.4 is 10.0 Å². The second-order valence-electron chi connectivity index (χ2n) is 5.12. The summed E-state index contributed by atoms with van der Waals surface area (Å²) in [7, 11) is -4.00. The number of sulfonamides is 1. The van der Waals surface area contributed by atoms with E-state index in [4.69, 9.17) is 0 Å².